The molecular weight excluding hydrogens is 336 g/mol. The molecule has 6 nitrogen and oxygen atoms in total. The summed E-state index contributed by atoms with van der Waals surface area (Å²) in [4.78, 5) is 18.2. The Morgan fingerprint density at radius 2 is 2.04 bits per heavy atom. The highest BCUT2D eigenvalue weighted by Crippen LogP contribution is 2.16. The number of hydrogen-bond donors (Lipinski definition) is 3. The highest BCUT2D eigenvalue weighted by atomic mass is 32.1. The molecule has 0 aliphatic heterocycles. The lowest BCUT2D eigenvalue weighted by Gasteiger charge is -2.07. The number of benzene rings is 2. The summed E-state index contributed by atoms with van der Waals surface area (Å²) >= 11 is 5.04. The summed E-state index contributed by atoms with van der Waals surface area (Å²) in [6.45, 7) is 2.68. The van der Waals surface area contributed by atoms with Gasteiger partial charge in [0.1, 0.15) is 5.75 Å². The number of H-pyrrole nitrogens is 2. The minimum atomic E-state index is -0.300. The van der Waals surface area contributed by atoms with Gasteiger partial charge in [0.25, 0.3) is 5.91 Å². The van der Waals surface area contributed by atoms with Crippen LogP contribution in [0.4, 0.5) is 0 Å². The van der Waals surface area contributed by atoms with Crippen molar-refractivity contribution in [2.45, 2.75) is 13.3 Å². The number of ether oxygens (including phenoxy) is 1. The molecule has 3 aromatic rings. The summed E-state index contributed by atoms with van der Waals surface area (Å²) in [5.74, 6) is 0.439. The summed E-state index contributed by atoms with van der Waals surface area (Å²) in [7, 11) is 0. The Balaban J connectivity index is 1.70. The number of para-hydroxylation sites is 1. The molecule has 0 saturated heterocycles. The fraction of sp³-hybridized carbons (Fsp3) is 0.167. The van der Waals surface area contributed by atoms with E-state index >= 15 is 0 Å². The van der Waals surface area contributed by atoms with Gasteiger partial charge in [-0.05, 0) is 49.0 Å². The number of imidazole rings is 1. The number of carbonyl (C=O) groups excluding carboxylic acids is 1. The topological polar surface area (TPSA) is 82.3 Å². The minimum absolute atomic E-state index is 0.300. The number of hydrogen-bond acceptors (Lipinski definition) is 4. The molecule has 0 aliphatic rings. The predicted molar refractivity (Wildman–Crippen MR) is 101 cm³/mol. The molecule has 0 radical (unpaired) electrons. The molecule has 0 unspecified atom stereocenters. The number of nitrogens with zero attached hydrogens (tertiary/aromatic N) is 1. The van der Waals surface area contributed by atoms with Crippen molar-refractivity contribution < 1.29 is 9.53 Å². The first-order valence-corrected chi connectivity index (χ1v) is 8.35. The number of rotatable bonds is 6. The van der Waals surface area contributed by atoms with Crippen molar-refractivity contribution in [2.75, 3.05) is 6.61 Å². The van der Waals surface area contributed by atoms with Crippen LogP contribution in [0.3, 0.4) is 0 Å². The van der Waals surface area contributed by atoms with Crippen molar-refractivity contribution in [1.29, 1.82) is 0 Å². The summed E-state index contributed by atoms with van der Waals surface area (Å²) in [5, 5.41) is 4.03. The average Bonchev–Trinajstić information content (AvgIpc) is 2.99. The molecule has 1 amide bonds. The van der Waals surface area contributed by atoms with Crippen LogP contribution in [-0.2, 0) is 0 Å². The molecule has 0 fully saturated rings. The van der Waals surface area contributed by atoms with Gasteiger partial charge in [-0.15, -0.1) is 0 Å². The maximum atomic E-state index is 12.2. The molecule has 25 heavy (non-hydrogen) atoms. The quantitative estimate of drug-likeness (QED) is 0.358. The van der Waals surface area contributed by atoms with Crippen LogP contribution in [-0.4, -0.2) is 28.7 Å². The zero-order valence-electron chi connectivity index (χ0n) is 13.7. The van der Waals surface area contributed by atoms with E-state index in [9.17, 15) is 4.79 Å². The summed E-state index contributed by atoms with van der Waals surface area (Å²) < 4.78 is 6.18. The van der Waals surface area contributed by atoms with Gasteiger partial charge in [0.15, 0.2) is 4.77 Å². The highest BCUT2D eigenvalue weighted by molar-refractivity contribution is 7.71. The zero-order chi connectivity index (χ0) is 17.6. The second-order valence-electron chi connectivity index (χ2n) is 5.42. The van der Waals surface area contributed by atoms with Crippen LogP contribution < -0.4 is 10.2 Å². The highest BCUT2D eigenvalue weighted by Gasteiger charge is 2.06. The first kappa shape index (κ1) is 16.9. The zero-order valence-corrected chi connectivity index (χ0v) is 14.5. The van der Waals surface area contributed by atoms with Crippen molar-refractivity contribution in [3.05, 3.63) is 58.4 Å². The lowest BCUT2D eigenvalue weighted by molar-refractivity contribution is 0.0955. The van der Waals surface area contributed by atoms with E-state index in [-0.39, 0.29) is 5.91 Å². The molecule has 1 heterocycles. The number of carbonyl (C=O) groups is 1. The molecule has 128 valence electrons. The van der Waals surface area contributed by atoms with Crippen LogP contribution in [0.25, 0.3) is 11.0 Å². The molecule has 1 aromatic heterocycles. The Kier molecular flexibility index (Phi) is 5.25. The molecule has 0 saturated carbocycles. The van der Waals surface area contributed by atoms with Crippen LogP contribution in [0.5, 0.6) is 5.75 Å². The van der Waals surface area contributed by atoms with Crippen molar-refractivity contribution in [3.8, 4) is 5.75 Å². The van der Waals surface area contributed by atoms with Gasteiger partial charge in [0, 0.05) is 11.1 Å². The number of nitrogens with one attached hydrogen (secondary N) is 3. The third-order valence-corrected chi connectivity index (χ3v) is 3.73. The van der Waals surface area contributed by atoms with Crippen molar-refractivity contribution in [1.82, 2.24) is 15.4 Å². The summed E-state index contributed by atoms with van der Waals surface area (Å²) in [6, 6.07) is 12.8. The SMILES string of the molecule is CCCOc1ccccc1/C=N\NC(=O)c1ccc2[nH]c(=S)[nH]c2c1. The fourth-order valence-electron chi connectivity index (χ4n) is 2.33. The molecule has 3 rings (SSSR count). The van der Waals surface area contributed by atoms with Gasteiger partial charge >= 0.3 is 0 Å². The number of amides is 1. The Labute approximate surface area is 149 Å². The van der Waals surface area contributed by atoms with Gasteiger partial charge in [-0.3, -0.25) is 4.79 Å². The van der Waals surface area contributed by atoms with E-state index in [1.807, 2.05) is 31.2 Å². The normalized spacial score (nSPS) is 11.1. The molecule has 3 N–H and O–H groups in total. The second-order valence-corrected chi connectivity index (χ2v) is 5.83. The molecule has 2 aromatic carbocycles. The second kappa shape index (κ2) is 7.76. The van der Waals surface area contributed by atoms with E-state index in [4.69, 9.17) is 17.0 Å². The maximum absolute atomic E-state index is 12.2. The van der Waals surface area contributed by atoms with Gasteiger partial charge < -0.3 is 14.7 Å². The number of aromatic amines is 2. The van der Waals surface area contributed by atoms with E-state index < -0.39 is 0 Å². The molecule has 0 spiro atoms. The first-order chi connectivity index (χ1) is 12.2. The minimum Gasteiger partial charge on any atom is -0.493 e. The molecule has 7 heteroatoms. The van der Waals surface area contributed by atoms with Crippen LogP contribution in [0, 0.1) is 4.77 Å². The van der Waals surface area contributed by atoms with Crippen LogP contribution >= 0.6 is 12.2 Å². The van der Waals surface area contributed by atoms with Crippen molar-refractivity contribution >= 4 is 35.4 Å². The van der Waals surface area contributed by atoms with Crippen LogP contribution in [0.1, 0.15) is 29.3 Å². The Bertz CT molecular complexity index is 974. The Morgan fingerprint density at radius 3 is 2.88 bits per heavy atom. The van der Waals surface area contributed by atoms with Gasteiger partial charge in [-0.2, -0.15) is 5.10 Å². The standard InChI is InChI=1S/C18H18N4O2S/c1-2-9-24-16-6-4-3-5-13(16)11-19-22-17(23)12-7-8-14-15(10-12)21-18(25)20-14/h3-8,10-11H,2,9H2,1H3,(H,22,23)(H2,20,21,25)/b19-11-. The maximum Gasteiger partial charge on any atom is 0.271 e. The lowest BCUT2D eigenvalue weighted by Crippen LogP contribution is -2.17. The summed E-state index contributed by atoms with van der Waals surface area (Å²) in [5.41, 5.74) is 5.46. The third-order valence-electron chi connectivity index (χ3n) is 3.53. The smallest absolute Gasteiger partial charge is 0.271 e. The first-order valence-electron chi connectivity index (χ1n) is 7.94. The number of aromatic nitrogens is 2. The monoisotopic (exact) mass is 354 g/mol. The molecular formula is C18H18N4O2S. The van der Waals surface area contributed by atoms with Crippen LogP contribution in [0.2, 0.25) is 0 Å². The van der Waals surface area contributed by atoms with E-state index in [1.165, 1.54) is 0 Å². The van der Waals surface area contributed by atoms with Gasteiger partial charge in [0.05, 0.1) is 23.9 Å². The summed E-state index contributed by atoms with van der Waals surface area (Å²) in [6.07, 6.45) is 2.50. The number of hydrazone groups is 1. The lowest BCUT2D eigenvalue weighted by atomic mass is 10.2. The van der Waals surface area contributed by atoms with Crippen molar-refractivity contribution in [2.24, 2.45) is 5.10 Å². The van der Waals surface area contributed by atoms with E-state index in [1.54, 1.807) is 24.4 Å². The fourth-order valence-corrected chi connectivity index (χ4v) is 2.55. The molecule has 0 bridgehead atoms. The van der Waals surface area contributed by atoms with Gasteiger partial charge in [-0.25, -0.2) is 5.43 Å². The third kappa shape index (κ3) is 4.13. The van der Waals surface area contributed by atoms with E-state index in [0.29, 0.717) is 16.9 Å². The van der Waals surface area contributed by atoms with E-state index in [2.05, 4.69) is 20.5 Å². The molecule has 0 aliphatic carbocycles. The largest absolute Gasteiger partial charge is 0.493 e. The van der Waals surface area contributed by atoms with Crippen LogP contribution in [0.15, 0.2) is 47.6 Å². The van der Waals surface area contributed by atoms with Gasteiger partial charge in [0.2, 0.25) is 0 Å². The molecule has 0 atom stereocenters. The Morgan fingerprint density at radius 1 is 1.24 bits per heavy atom. The number of fused-ring (bicyclic) bond motifs is 1. The van der Waals surface area contributed by atoms with E-state index in [0.717, 1.165) is 28.8 Å². The average molecular weight is 354 g/mol. The van der Waals surface area contributed by atoms with Crippen molar-refractivity contribution in [3.63, 3.8) is 0 Å². The van der Waals surface area contributed by atoms with Gasteiger partial charge in [-0.1, -0.05) is 19.1 Å². The Hall–Kier alpha value is -2.93. The predicted octanol–water partition coefficient (Wildman–Crippen LogP) is 3.78.